The molecule has 0 atom stereocenters. The average molecular weight is 390 g/mol. The smallest absolute Gasteiger partial charge is 0.228 e. The summed E-state index contributed by atoms with van der Waals surface area (Å²) in [6, 6.07) is 8.69. The molecule has 0 bridgehead atoms. The zero-order valence-corrected chi connectivity index (χ0v) is 15.6. The molecule has 2 fully saturated rings. The molecular formula is C21H19FN6O. The predicted octanol–water partition coefficient (Wildman–Crippen LogP) is 3.60. The Morgan fingerprint density at radius 2 is 2.14 bits per heavy atom. The summed E-state index contributed by atoms with van der Waals surface area (Å²) in [4.78, 5) is 16.3. The Morgan fingerprint density at radius 1 is 1.31 bits per heavy atom. The minimum absolute atomic E-state index is 0.0799. The zero-order valence-electron chi connectivity index (χ0n) is 15.6. The number of hydrogen-bond donors (Lipinski definition) is 3. The van der Waals surface area contributed by atoms with Gasteiger partial charge in [0, 0.05) is 23.4 Å². The molecule has 0 spiro atoms. The molecule has 1 aliphatic heterocycles. The van der Waals surface area contributed by atoms with Gasteiger partial charge < -0.3 is 16.0 Å². The van der Waals surface area contributed by atoms with Gasteiger partial charge in [0.05, 0.1) is 18.3 Å². The second-order valence-corrected chi connectivity index (χ2v) is 7.26. The minimum atomic E-state index is -0.353. The molecule has 146 valence electrons. The molecule has 1 aromatic carbocycles. The lowest BCUT2D eigenvalue weighted by Crippen LogP contribution is -2.10. The van der Waals surface area contributed by atoms with Crippen LogP contribution in [0.4, 0.5) is 21.7 Å². The second kappa shape index (κ2) is 6.73. The fourth-order valence-electron chi connectivity index (χ4n) is 3.28. The highest BCUT2D eigenvalue weighted by atomic mass is 19.1. The van der Waals surface area contributed by atoms with Crippen molar-refractivity contribution < 1.29 is 9.18 Å². The van der Waals surface area contributed by atoms with E-state index in [0.717, 1.165) is 29.8 Å². The van der Waals surface area contributed by atoms with E-state index < -0.39 is 0 Å². The van der Waals surface area contributed by atoms with Gasteiger partial charge in [-0.3, -0.25) is 4.79 Å². The summed E-state index contributed by atoms with van der Waals surface area (Å²) < 4.78 is 15.8. The number of anilines is 3. The molecule has 1 amide bonds. The van der Waals surface area contributed by atoms with Gasteiger partial charge in [-0.05, 0) is 36.6 Å². The summed E-state index contributed by atoms with van der Waals surface area (Å²) in [5.41, 5.74) is 3.10. The summed E-state index contributed by atoms with van der Waals surface area (Å²) >= 11 is 0. The number of hydrogen-bond acceptors (Lipinski definition) is 5. The van der Waals surface area contributed by atoms with E-state index in [1.54, 1.807) is 28.9 Å². The number of fused-ring (bicyclic) bond motifs is 1. The maximum atomic E-state index is 14.1. The van der Waals surface area contributed by atoms with Crippen molar-refractivity contribution >= 4 is 35.0 Å². The number of rotatable bonds is 5. The minimum Gasteiger partial charge on any atom is -0.367 e. The van der Waals surface area contributed by atoms with Crippen molar-refractivity contribution in [1.82, 2.24) is 19.9 Å². The molecule has 0 radical (unpaired) electrons. The molecule has 8 heteroatoms. The van der Waals surface area contributed by atoms with Gasteiger partial charge in [0.1, 0.15) is 17.5 Å². The topological polar surface area (TPSA) is 83.4 Å². The summed E-state index contributed by atoms with van der Waals surface area (Å²) in [6.07, 6.45) is 6.05. The van der Waals surface area contributed by atoms with Crippen molar-refractivity contribution in [3.8, 4) is 0 Å². The number of nitrogens with one attached hydrogen (secondary N) is 3. The Hall–Kier alpha value is -3.68. The van der Waals surface area contributed by atoms with Crippen LogP contribution in [-0.2, 0) is 4.79 Å². The number of halogens is 1. The lowest BCUT2D eigenvalue weighted by molar-refractivity contribution is -0.118. The first kappa shape index (κ1) is 17.4. The molecule has 3 heterocycles. The van der Waals surface area contributed by atoms with Crippen LogP contribution >= 0.6 is 0 Å². The van der Waals surface area contributed by atoms with Crippen LogP contribution in [0.5, 0.6) is 0 Å². The van der Waals surface area contributed by atoms with Crippen LogP contribution in [-0.4, -0.2) is 26.5 Å². The van der Waals surface area contributed by atoms with E-state index in [1.165, 1.54) is 6.07 Å². The Kier molecular flexibility index (Phi) is 4.04. The second-order valence-electron chi connectivity index (χ2n) is 7.26. The molecule has 1 aliphatic carbocycles. The van der Waals surface area contributed by atoms with Gasteiger partial charge in [-0.15, -0.1) is 0 Å². The van der Waals surface area contributed by atoms with E-state index in [-0.39, 0.29) is 18.1 Å². The zero-order chi connectivity index (χ0) is 20.0. The molecule has 5 rings (SSSR count). The van der Waals surface area contributed by atoms with Gasteiger partial charge in [-0.2, -0.15) is 9.61 Å². The molecule has 3 aromatic rings. The SMILES string of the molecule is C=C1NC(=O)C/C1=C\c1cnn2c(NC3CC3)cc(Nc3ccccc3F)nc12. The highest BCUT2D eigenvalue weighted by molar-refractivity contribution is 5.89. The van der Waals surface area contributed by atoms with Gasteiger partial charge >= 0.3 is 0 Å². The fraction of sp³-hybridized carbons (Fsp3) is 0.190. The van der Waals surface area contributed by atoms with Crippen molar-refractivity contribution in [3.63, 3.8) is 0 Å². The van der Waals surface area contributed by atoms with Crippen molar-refractivity contribution in [3.05, 3.63) is 65.8 Å². The molecule has 1 saturated carbocycles. The fourth-order valence-corrected chi connectivity index (χ4v) is 3.28. The number of amides is 1. The standard InChI is InChI=1S/C21H19FN6O/c1-12-13(9-20(29)24-12)8-14-11-23-28-19(25-15-6-7-15)10-18(27-21(14)28)26-17-5-3-2-4-16(17)22/h2-5,8,10-11,15,25H,1,6-7,9H2,(H,24,29)(H,26,27)/b13-8+. The quantitative estimate of drug-likeness (QED) is 0.620. The third-order valence-corrected chi connectivity index (χ3v) is 4.92. The number of carbonyl (C=O) groups is 1. The summed E-state index contributed by atoms with van der Waals surface area (Å²) in [5, 5.41) is 13.7. The first-order valence-corrected chi connectivity index (χ1v) is 9.43. The van der Waals surface area contributed by atoms with Gasteiger partial charge in [0.2, 0.25) is 5.91 Å². The van der Waals surface area contributed by atoms with Crippen LogP contribution in [0.3, 0.4) is 0 Å². The van der Waals surface area contributed by atoms with E-state index in [4.69, 9.17) is 0 Å². The average Bonchev–Trinajstić information content (AvgIpc) is 3.33. The third-order valence-electron chi connectivity index (χ3n) is 4.92. The van der Waals surface area contributed by atoms with Crippen molar-refractivity contribution in [2.75, 3.05) is 10.6 Å². The van der Waals surface area contributed by atoms with E-state index in [1.807, 2.05) is 12.1 Å². The largest absolute Gasteiger partial charge is 0.367 e. The summed E-state index contributed by atoms with van der Waals surface area (Å²) in [6.45, 7) is 3.88. The lowest BCUT2D eigenvalue weighted by atomic mass is 10.1. The highest BCUT2D eigenvalue weighted by Crippen LogP contribution is 2.29. The van der Waals surface area contributed by atoms with Gasteiger partial charge in [0.25, 0.3) is 0 Å². The van der Waals surface area contributed by atoms with E-state index in [9.17, 15) is 9.18 Å². The predicted molar refractivity (Wildman–Crippen MR) is 109 cm³/mol. The third kappa shape index (κ3) is 3.44. The normalized spacial score (nSPS) is 17.8. The monoisotopic (exact) mass is 390 g/mol. The van der Waals surface area contributed by atoms with Crippen molar-refractivity contribution in [1.29, 1.82) is 0 Å². The summed E-state index contributed by atoms with van der Waals surface area (Å²) in [7, 11) is 0. The van der Waals surface area contributed by atoms with Gasteiger partial charge in [0.15, 0.2) is 5.65 Å². The number of allylic oxidation sites excluding steroid dienone is 1. The van der Waals surface area contributed by atoms with E-state index in [0.29, 0.717) is 28.9 Å². The van der Waals surface area contributed by atoms with Gasteiger partial charge in [-0.1, -0.05) is 18.7 Å². The van der Waals surface area contributed by atoms with Crippen LogP contribution in [0.15, 0.2) is 54.4 Å². The number of aromatic nitrogens is 3. The molecule has 2 aliphatic rings. The van der Waals surface area contributed by atoms with E-state index in [2.05, 4.69) is 32.6 Å². The Bertz CT molecular complexity index is 1180. The van der Waals surface area contributed by atoms with Crippen LogP contribution < -0.4 is 16.0 Å². The number of para-hydroxylation sites is 1. The molecule has 0 unspecified atom stereocenters. The lowest BCUT2D eigenvalue weighted by Gasteiger charge is -2.12. The van der Waals surface area contributed by atoms with Crippen LogP contribution in [0, 0.1) is 5.82 Å². The maximum absolute atomic E-state index is 14.1. The Morgan fingerprint density at radius 3 is 2.86 bits per heavy atom. The van der Waals surface area contributed by atoms with Crippen LogP contribution in [0.25, 0.3) is 11.7 Å². The van der Waals surface area contributed by atoms with E-state index >= 15 is 0 Å². The first-order valence-electron chi connectivity index (χ1n) is 9.43. The number of carbonyl (C=O) groups excluding carboxylic acids is 1. The molecule has 7 nitrogen and oxygen atoms in total. The molecule has 1 saturated heterocycles. The van der Waals surface area contributed by atoms with Crippen LogP contribution in [0.1, 0.15) is 24.8 Å². The Balaban J connectivity index is 1.59. The van der Waals surface area contributed by atoms with Crippen molar-refractivity contribution in [2.45, 2.75) is 25.3 Å². The Labute approximate surface area is 166 Å². The number of benzene rings is 1. The number of nitrogens with zero attached hydrogens (tertiary/aromatic N) is 3. The van der Waals surface area contributed by atoms with Crippen LogP contribution in [0.2, 0.25) is 0 Å². The molecule has 29 heavy (non-hydrogen) atoms. The summed E-state index contributed by atoms with van der Waals surface area (Å²) in [5.74, 6) is 0.850. The molecule has 3 N–H and O–H groups in total. The van der Waals surface area contributed by atoms with Gasteiger partial charge in [-0.25, -0.2) is 9.37 Å². The molecular weight excluding hydrogens is 371 g/mol. The molecule has 2 aromatic heterocycles. The van der Waals surface area contributed by atoms with Crippen molar-refractivity contribution in [2.24, 2.45) is 0 Å². The first-order chi connectivity index (χ1) is 14.1. The highest BCUT2D eigenvalue weighted by Gasteiger charge is 2.24. The maximum Gasteiger partial charge on any atom is 0.228 e.